The van der Waals surface area contributed by atoms with E-state index in [1.165, 1.54) is 12.1 Å². The number of hydrogen-bond acceptors (Lipinski definition) is 3. The van der Waals surface area contributed by atoms with Crippen LogP contribution in [0.1, 0.15) is 21.5 Å². The van der Waals surface area contributed by atoms with Crippen molar-refractivity contribution in [3.63, 3.8) is 0 Å². The van der Waals surface area contributed by atoms with Crippen LogP contribution in [0, 0.1) is 19.7 Å². The van der Waals surface area contributed by atoms with Crippen molar-refractivity contribution in [3.05, 3.63) is 63.9 Å². The van der Waals surface area contributed by atoms with Gasteiger partial charge < -0.3 is 10.1 Å². The second-order valence-corrected chi connectivity index (χ2v) is 5.47. The summed E-state index contributed by atoms with van der Waals surface area (Å²) >= 11 is 5.81. The van der Waals surface area contributed by atoms with Gasteiger partial charge in [-0.25, -0.2) is 9.18 Å². The molecule has 0 saturated heterocycles. The number of benzene rings is 2. The van der Waals surface area contributed by atoms with Crippen LogP contribution in [0.25, 0.3) is 0 Å². The van der Waals surface area contributed by atoms with E-state index in [4.69, 9.17) is 16.3 Å². The van der Waals surface area contributed by atoms with Gasteiger partial charge in [0.2, 0.25) is 0 Å². The van der Waals surface area contributed by atoms with Gasteiger partial charge in [0, 0.05) is 0 Å². The fourth-order valence-corrected chi connectivity index (χ4v) is 2.16. The van der Waals surface area contributed by atoms with Gasteiger partial charge in [-0.3, -0.25) is 4.79 Å². The van der Waals surface area contributed by atoms with Crippen LogP contribution in [0.5, 0.6) is 0 Å². The fourth-order valence-electron chi connectivity index (χ4n) is 1.94. The molecule has 4 nitrogen and oxygen atoms in total. The zero-order chi connectivity index (χ0) is 17.0. The zero-order valence-electron chi connectivity index (χ0n) is 12.7. The van der Waals surface area contributed by atoms with Crippen molar-refractivity contribution in [2.24, 2.45) is 0 Å². The van der Waals surface area contributed by atoms with Crippen molar-refractivity contribution in [1.29, 1.82) is 0 Å². The topological polar surface area (TPSA) is 55.4 Å². The zero-order valence-corrected chi connectivity index (χ0v) is 13.4. The molecule has 0 aliphatic carbocycles. The lowest BCUT2D eigenvalue weighted by atomic mass is 10.1. The minimum atomic E-state index is -0.577. The molecule has 0 radical (unpaired) electrons. The summed E-state index contributed by atoms with van der Waals surface area (Å²) in [7, 11) is 0. The highest BCUT2D eigenvalue weighted by Crippen LogP contribution is 2.22. The molecule has 0 atom stereocenters. The summed E-state index contributed by atoms with van der Waals surface area (Å²) in [4.78, 5) is 23.8. The summed E-state index contributed by atoms with van der Waals surface area (Å²) in [6.45, 7) is 3.19. The van der Waals surface area contributed by atoms with E-state index in [1.807, 2.05) is 19.1 Å². The van der Waals surface area contributed by atoms with E-state index >= 15 is 0 Å². The van der Waals surface area contributed by atoms with Crippen molar-refractivity contribution >= 4 is 29.2 Å². The van der Waals surface area contributed by atoms with Crippen LogP contribution in [-0.4, -0.2) is 18.5 Å². The van der Waals surface area contributed by atoms with Gasteiger partial charge >= 0.3 is 5.97 Å². The Balaban J connectivity index is 1.96. The first-order chi connectivity index (χ1) is 10.9. The molecule has 0 aliphatic rings. The molecule has 0 aliphatic heterocycles. The lowest BCUT2D eigenvalue weighted by Crippen LogP contribution is -2.21. The van der Waals surface area contributed by atoms with E-state index in [1.54, 1.807) is 13.0 Å². The molecule has 2 rings (SSSR count). The highest BCUT2D eigenvalue weighted by Gasteiger charge is 2.14. The summed E-state index contributed by atoms with van der Waals surface area (Å²) in [6, 6.07) is 8.98. The molecule has 1 N–H and O–H groups in total. The normalized spacial score (nSPS) is 10.3. The Labute approximate surface area is 138 Å². The lowest BCUT2D eigenvalue weighted by Gasteiger charge is -2.09. The van der Waals surface area contributed by atoms with Crippen molar-refractivity contribution in [1.82, 2.24) is 0 Å². The van der Waals surface area contributed by atoms with E-state index in [-0.39, 0.29) is 10.7 Å². The average Bonchev–Trinajstić information content (AvgIpc) is 2.50. The molecule has 6 heteroatoms. The van der Waals surface area contributed by atoms with Crippen LogP contribution < -0.4 is 5.32 Å². The first-order valence-electron chi connectivity index (χ1n) is 6.86. The number of nitrogens with one attached hydrogen (secondary N) is 1. The van der Waals surface area contributed by atoms with Gasteiger partial charge in [-0.05, 0) is 43.7 Å². The summed E-state index contributed by atoms with van der Waals surface area (Å²) in [5, 5.41) is 2.52. The maximum Gasteiger partial charge on any atom is 0.338 e. The number of hydrogen-bond donors (Lipinski definition) is 1. The lowest BCUT2D eigenvalue weighted by molar-refractivity contribution is -0.119. The molecule has 0 spiro atoms. The Morgan fingerprint density at radius 1 is 1.17 bits per heavy atom. The van der Waals surface area contributed by atoms with Crippen molar-refractivity contribution in [3.8, 4) is 0 Å². The number of anilines is 1. The summed E-state index contributed by atoms with van der Waals surface area (Å²) in [5.41, 5.74) is 2.35. The summed E-state index contributed by atoms with van der Waals surface area (Å²) in [6.07, 6.45) is 0. The van der Waals surface area contributed by atoms with E-state index < -0.39 is 24.3 Å². The van der Waals surface area contributed by atoms with Gasteiger partial charge in [-0.15, -0.1) is 0 Å². The van der Waals surface area contributed by atoms with Crippen LogP contribution in [0.15, 0.2) is 36.4 Å². The molecule has 0 heterocycles. The van der Waals surface area contributed by atoms with E-state index in [2.05, 4.69) is 5.32 Å². The Morgan fingerprint density at radius 3 is 2.61 bits per heavy atom. The molecule has 120 valence electrons. The highest BCUT2D eigenvalue weighted by atomic mass is 35.5. The van der Waals surface area contributed by atoms with Crippen LogP contribution >= 0.6 is 11.6 Å². The van der Waals surface area contributed by atoms with E-state index in [0.29, 0.717) is 5.56 Å². The number of esters is 1. The maximum atomic E-state index is 12.9. The number of carbonyl (C=O) groups excluding carboxylic acids is 2. The molecule has 0 fully saturated rings. The molecular formula is C17H15ClFNO3. The van der Waals surface area contributed by atoms with Crippen molar-refractivity contribution in [2.45, 2.75) is 13.8 Å². The number of ether oxygens (including phenoxy) is 1. The molecule has 0 bridgehead atoms. The Morgan fingerprint density at radius 2 is 1.91 bits per heavy atom. The van der Waals surface area contributed by atoms with Crippen molar-refractivity contribution < 1.29 is 18.7 Å². The van der Waals surface area contributed by atoms with Gasteiger partial charge in [0.1, 0.15) is 5.82 Å². The monoisotopic (exact) mass is 335 g/mol. The first kappa shape index (κ1) is 17.0. The number of carbonyl (C=O) groups is 2. The second kappa shape index (κ2) is 7.24. The van der Waals surface area contributed by atoms with Crippen LogP contribution in [0.3, 0.4) is 0 Å². The predicted molar refractivity (Wildman–Crippen MR) is 86.2 cm³/mol. The molecule has 1 amide bonds. The number of rotatable bonds is 4. The molecule has 0 aromatic heterocycles. The third-order valence-electron chi connectivity index (χ3n) is 3.15. The van der Waals surface area contributed by atoms with E-state index in [9.17, 15) is 14.0 Å². The molecular weight excluding hydrogens is 321 g/mol. The van der Waals surface area contributed by atoms with Crippen LogP contribution in [0.4, 0.5) is 10.1 Å². The van der Waals surface area contributed by atoms with Crippen molar-refractivity contribution in [2.75, 3.05) is 11.9 Å². The largest absolute Gasteiger partial charge is 0.452 e. The smallest absolute Gasteiger partial charge is 0.338 e. The summed E-state index contributed by atoms with van der Waals surface area (Å²) < 4.78 is 17.9. The third-order valence-corrected chi connectivity index (χ3v) is 3.47. The predicted octanol–water partition coefficient (Wildman–Crippen LogP) is 3.89. The molecule has 2 aromatic carbocycles. The van der Waals surface area contributed by atoms with Gasteiger partial charge in [0.05, 0.1) is 16.3 Å². The van der Waals surface area contributed by atoms with Gasteiger partial charge in [0.15, 0.2) is 6.61 Å². The quantitative estimate of drug-likeness (QED) is 0.862. The van der Waals surface area contributed by atoms with Gasteiger partial charge in [-0.2, -0.15) is 0 Å². The Kier molecular flexibility index (Phi) is 5.34. The first-order valence-corrected chi connectivity index (χ1v) is 7.24. The van der Waals surface area contributed by atoms with Gasteiger partial charge in [0.25, 0.3) is 5.91 Å². The average molecular weight is 336 g/mol. The Hall–Kier alpha value is -2.40. The van der Waals surface area contributed by atoms with Crippen LogP contribution in [0.2, 0.25) is 5.02 Å². The molecule has 2 aromatic rings. The maximum absolute atomic E-state index is 12.9. The van der Waals surface area contributed by atoms with E-state index in [0.717, 1.165) is 17.2 Å². The molecule has 0 saturated carbocycles. The Bertz CT molecular complexity index is 761. The second-order valence-electron chi connectivity index (χ2n) is 5.07. The minimum Gasteiger partial charge on any atom is -0.452 e. The standard InChI is InChI=1S/C17H15ClFNO3/c1-10-3-4-11(2)13(7-10)17(22)23-9-16(21)20-15-6-5-12(19)8-14(15)18/h3-8H,9H2,1-2H3,(H,20,21). The third kappa shape index (κ3) is 4.53. The minimum absolute atomic E-state index is 0.0687. The highest BCUT2D eigenvalue weighted by molar-refractivity contribution is 6.33. The number of aryl methyl sites for hydroxylation is 2. The molecule has 0 unspecified atom stereocenters. The summed E-state index contributed by atoms with van der Waals surface area (Å²) in [5.74, 6) is -1.64. The molecule has 23 heavy (non-hydrogen) atoms. The SMILES string of the molecule is Cc1ccc(C)c(C(=O)OCC(=O)Nc2ccc(F)cc2Cl)c1. The van der Waals surface area contributed by atoms with Gasteiger partial charge in [-0.1, -0.05) is 29.3 Å². The fraction of sp³-hybridized carbons (Fsp3) is 0.176. The van der Waals surface area contributed by atoms with Crippen LogP contribution in [-0.2, 0) is 9.53 Å². The number of amides is 1. The number of halogens is 2.